The lowest BCUT2D eigenvalue weighted by atomic mass is 10.2. The standard InChI is InChI=1S/C12H13N3O5S/c1-2-7-6-13-14-11(7)15-21(19,20)8-3-4-10(16)9(5-8)12(17)18/h3-6,16H,2H2,1H3,(H,17,18)(H2,13,14,15). The Balaban J connectivity index is 2.40. The molecule has 0 unspecified atom stereocenters. The third kappa shape index (κ3) is 2.97. The SMILES string of the molecule is CCc1cn[nH]c1NS(=O)(=O)c1ccc(O)c(C(=O)O)c1. The zero-order chi connectivity index (χ0) is 15.6. The molecule has 8 nitrogen and oxygen atoms in total. The van der Waals surface area contributed by atoms with Crippen molar-refractivity contribution in [1.29, 1.82) is 0 Å². The second-order valence-corrected chi connectivity index (χ2v) is 5.90. The number of H-pyrrole nitrogens is 1. The number of sulfonamides is 1. The van der Waals surface area contributed by atoms with Gasteiger partial charge in [0.2, 0.25) is 0 Å². The number of aromatic nitrogens is 2. The number of benzene rings is 1. The van der Waals surface area contributed by atoms with Crippen molar-refractivity contribution in [2.45, 2.75) is 18.2 Å². The lowest BCUT2D eigenvalue weighted by molar-refractivity contribution is 0.0693. The van der Waals surface area contributed by atoms with Gasteiger partial charge in [0.15, 0.2) is 0 Å². The molecule has 0 fully saturated rings. The van der Waals surface area contributed by atoms with E-state index in [-0.39, 0.29) is 10.7 Å². The van der Waals surface area contributed by atoms with Gasteiger partial charge in [0.1, 0.15) is 17.1 Å². The van der Waals surface area contributed by atoms with Crippen LogP contribution in [0, 0.1) is 0 Å². The first kappa shape index (κ1) is 14.9. The van der Waals surface area contributed by atoms with E-state index >= 15 is 0 Å². The summed E-state index contributed by atoms with van der Waals surface area (Å²) in [7, 11) is -3.98. The van der Waals surface area contributed by atoms with Gasteiger partial charge < -0.3 is 10.2 Å². The van der Waals surface area contributed by atoms with Crippen LogP contribution in [-0.2, 0) is 16.4 Å². The van der Waals surface area contributed by atoms with Gasteiger partial charge in [0.05, 0.1) is 11.1 Å². The topological polar surface area (TPSA) is 132 Å². The highest BCUT2D eigenvalue weighted by molar-refractivity contribution is 7.92. The highest BCUT2D eigenvalue weighted by Gasteiger charge is 2.20. The van der Waals surface area contributed by atoms with Crippen LogP contribution >= 0.6 is 0 Å². The Hall–Kier alpha value is -2.55. The van der Waals surface area contributed by atoms with Gasteiger partial charge in [-0.15, -0.1) is 0 Å². The van der Waals surface area contributed by atoms with Crippen LogP contribution in [0.2, 0.25) is 0 Å². The largest absolute Gasteiger partial charge is 0.507 e. The fourth-order valence-corrected chi connectivity index (χ4v) is 2.80. The minimum atomic E-state index is -3.98. The van der Waals surface area contributed by atoms with Gasteiger partial charge in [0, 0.05) is 5.56 Å². The van der Waals surface area contributed by atoms with Crippen LogP contribution in [0.25, 0.3) is 0 Å². The van der Waals surface area contributed by atoms with Crippen LogP contribution in [-0.4, -0.2) is 34.8 Å². The molecule has 0 saturated carbocycles. The van der Waals surface area contributed by atoms with Crippen molar-refractivity contribution in [3.8, 4) is 5.75 Å². The predicted octanol–water partition coefficient (Wildman–Crippen LogP) is 1.18. The molecule has 0 radical (unpaired) electrons. The van der Waals surface area contributed by atoms with Gasteiger partial charge in [-0.25, -0.2) is 13.2 Å². The molecular weight excluding hydrogens is 298 g/mol. The van der Waals surface area contributed by atoms with E-state index in [4.69, 9.17) is 5.11 Å². The van der Waals surface area contributed by atoms with Crippen molar-refractivity contribution < 1.29 is 23.4 Å². The molecule has 0 aliphatic heterocycles. The Bertz CT molecular complexity index is 782. The number of anilines is 1. The number of hydrogen-bond donors (Lipinski definition) is 4. The van der Waals surface area contributed by atoms with Crippen molar-refractivity contribution in [2.24, 2.45) is 0 Å². The average molecular weight is 311 g/mol. The van der Waals surface area contributed by atoms with Crippen molar-refractivity contribution in [3.05, 3.63) is 35.5 Å². The first-order valence-corrected chi connectivity index (χ1v) is 7.45. The quantitative estimate of drug-likeness (QED) is 0.655. The third-order valence-electron chi connectivity index (χ3n) is 2.84. The number of aromatic hydroxyl groups is 1. The monoisotopic (exact) mass is 311 g/mol. The molecule has 9 heteroatoms. The maximum Gasteiger partial charge on any atom is 0.339 e. The van der Waals surface area contributed by atoms with E-state index < -0.39 is 27.3 Å². The number of aromatic carboxylic acids is 1. The highest BCUT2D eigenvalue weighted by atomic mass is 32.2. The number of rotatable bonds is 5. The Morgan fingerprint density at radius 2 is 2.14 bits per heavy atom. The van der Waals surface area contributed by atoms with Gasteiger partial charge in [-0.1, -0.05) is 6.92 Å². The number of carboxylic acid groups (broad SMARTS) is 1. The normalized spacial score (nSPS) is 11.3. The maximum atomic E-state index is 12.2. The summed E-state index contributed by atoms with van der Waals surface area (Å²) >= 11 is 0. The van der Waals surface area contributed by atoms with E-state index in [9.17, 15) is 18.3 Å². The summed E-state index contributed by atoms with van der Waals surface area (Å²) in [5, 5.41) is 24.6. The first-order chi connectivity index (χ1) is 9.85. The molecule has 112 valence electrons. The molecule has 1 aromatic heterocycles. The van der Waals surface area contributed by atoms with E-state index in [2.05, 4.69) is 14.9 Å². The molecule has 1 heterocycles. The Morgan fingerprint density at radius 3 is 2.76 bits per heavy atom. The Morgan fingerprint density at radius 1 is 1.43 bits per heavy atom. The first-order valence-electron chi connectivity index (χ1n) is 5.96. The lowest BCUT2D eigenvalue weighted by Crippen LogP contribution is -2.15. The summed E-state index contributed by atoms with van der Waals surface area (Å²) in [5.74, 6) is -1.69. The second-order valence-electron chi connectivity index (χ2n) is 4.21. The zero-order valence-electron chi connectivity index (χ0n) is 11.0. The lowest BCUT2D eigenvalue weighted by Gasteiger charge is -2.09. The van der Waals surface area contributed by atoms with Crippen LogP contribution in [0.3, 0.4) is 0 Å². The molecule has 1 aromatic carbocycles. The zero-order valence-corrected chi connectivity index (χ0v) is 11.8. The molecule has 0 bridgehead atoms. The van der Waals surface area contributed by atoms with Crippen molar-refractivity contribution in [1.82, 2.24) is 10.2 Å². The molecule has 0 saturated heterocycles. The maximum absolute atomic E-state index is 12.2. The number of carboxylic acids is 1. The van der Waals surface area contributed by atoms with Gasteiger partial charge in [-0.2, -0.15) is 5.10 Å². The molecular formula is C12H13N3O5S. The molecule has 0 aliphatic rings. The van der Waals surface area contributed by atoms with Gasteiger partial charge in [-0.05, 0) is 24.6 Å². The summed E-state index contributed by atoms with van der Waals surface area (Å²) in [5.41, 5.74) is 0.189. The molecule has 4 N–H and O–H groups in total. The van der Waals surface area contributed by atoms with E-state index in [1.807, 2.05) is 6.92 Å². The van der Waals surface area contributed by atoms with E-state index in [1.165, 1.54) is 6.20 Å². The Labute approximate surface area is 120 Å². The molecule has 21 heavy (non-hydrogen) atoms. The van der Waals surface area contributed by atoms with Gasteiger partial charge in [0.25, 0.3) is 10.0 Å². The minimum Gasteiger partial charge on any atom is -0.507 e. The molecule has 2 aromatic rings. The number of nitrogens with one attached hydrogen (secondary N) is 2. The van der Waals surface area contributed by atoms with Crippen molar-refractivity contribution in [2.75, 3.05) is 4.72 Å². The summed E-state index contributed by atoms with van der Waals surface area (Å²) in [6, 6.07) is 3.03. The average Bonchev–Trinajstić information content (AvgIpc) is 2.85. The summed E-state index contributed by atoms with van der Waals surface area (Å²) < 4.78 is 26.7. The fraction of sp³-hybridized carbons (Fsp3) is 0.167. The van der Waals surface area contributed by atoms with Crippen LogP contribution in [0.1, 0.15) is 22.8 Å². The highest BCUT2D eigenvalue weighted by Crippen LogP contribution is 2.23. The van der Waals surface area contributed by atoms with E-state index in [1.54, 1.807) is 0 Å². The summed E-state index contributed by atoms with van der Waals surface area (Å²) in [4.78, 5) is 10.7. The van der Waals surface area contributed by atoms with Gasteiger partial charge >= 0.3 is 5.97 Å². The Kier molecular flexibility index (Phi) is 3.85. The van der Waals surface area contributed by atoms with Crippen LogP contribution in [0.5, 0.6) is 5.75 Å². The molecule has 0 spiro atoms. The second kappa shape index (κ2) is 5.44. The number of aromatic amines is 1. The molecule has 0 amide bonds. The molecule has 2 rings (SSSR count). The summed E-state index contributed by atoms with van der Waals surface area (Å²) in [6.45, 7) is 1.84. The van der Waals surface area contributed by atoms with E-state index in [0.29, 0.717) is 12.0 Å². The van der Waals surface area contributed by atoms with Crippen molar-refractivity contribution >= 4 is 21.8 Å². The molecule has 0 atom stereocenters. The fourth-order valence-electron chi connectivity index (χ4n) is 1.71. The van der Waals surface area contributed by atoms with E-state index in [0.717, 1.165) is 18.2 Å². The van der Waals surface area contributed by atoms with Crippen LogP contribution in [0.4, 0.5) is 5.82 Å². The number of aryl methyl sites for hydroxylation is 1. The van der Waals surface area contributed by atoms with Crippen molar-refractivity contribution in [3.63, 3.8) is 0 Å². The smallest absolute Gasteiger partial charge is 0.339 e. The third-order valence-corrected chi connectivity index (χ3v) is 4.19. The van der Waals surface area contributed by atoms with Crippen LogP contribution in [0.15, 0.2) is 29.3 Å². The summed E-state index contributed by atoms with van der Waals surface area (Å²) in [6.07, 6.45) is 2.07. The van der Waals surface area contributed by atoms with Crippen LogP contribution < -0.4 is 4.72 Å². The number of nitrogens with zero attached hydrogens (tertiary/aromatic N) is 1. The number of hydrogen-bond acceptors (Lipinski definition) is 5. The minimum absolute atomic E-state index is 0.224. The number of carbonyl (C=O) groups is 1. The van der Waals surface area contributed by atoms with Gasteiger partial charge in [-0.3, -0.25) is 9.82 Å². The number of phenols is 1. The molecule has 0 aliphatic carbocycles. The predicted molar refractivity (Wildman–Crippen MR) is 73.8 cm³/mol.